The van der Waals surface area contributed by atoms with E-state index in [1.54, 1.807) is 0 Å². The molecule has 6 nitrogen and oxygen atoms in total. The minimum absolute atomic E-state index is 0.00686. The van der Waals surface area contributed by atoms with Gasteiger partial charge in [-0.3, -0.25) is 9.69 Å². The number of benzene rings is 1. The molecule has 132 valence electrons. The van der Waals surface area contributed by atoms with E-state index in [0.717, 1.165) is 25.1 Å². The highest BCUT2D eigenvalue weighted by Gasteiger charge is 2.28. The number of ether oxygens (including phenoxy) is 3. The zero-order valence-electron chi connectivity index (χ0n) is 14.0. The molecule has 1 N–H and O–H groups in total. The van der Waals surface area contributed by atoms with E-state index in [2.05, 4.69) is 10.2 Å². The van der Waals surface area contributed by atoms with Crippen molar-refractivity contribution < 1.29 is 19.0 Å². The SMILES string of the molecule is O=C(CN1CCOCC1)NC1COCCC1OCc1ccccc1. The molecule has 0 spiro atoms. The molecule has 1 amide bonds. The average Bonchev–Trinajstić information content (AvgIpc) is 2.63. The van der Waals surface area contributed by atoms with E-state index in [4.69, 9.17) is 14.2 Å². The standard InChI is InChI=1S/C18H26N2O4/c21-18(12-20-7-10-22-11-8-20)19-16-14-23-9-6-17(16)24-13-15-4-2-1-3-5-15/h1-5,16-17H,6-14H2,(H,19,21). The van der Waals surface area contributed by atoms with E-state index < -0.39 is 0 Å². The van der Waals surface area contributed by atoms with Gasteiger partial charge >= 0.3 is 0 Å². The van der Waals surface area contributed by atoms with Crippen molar-refractivity contribution in [1.29, 1.82) is 0 Å². The Morgan fingerprint density at radius 1 is 1.17 bits per heavy atom. The Balaban J connectivity index is 1.47. The first kappa shape index (κ1) is 17.4. The molecule has 0 radical (unpaired) electrons. The van der Waals surface area contributed by atoms with Gasteiger partial charge in [-0.05, 0) is 12.0 Å². The third-order valence-corrected chi connectivity index (χ3v) is 4.42. The number of nitrogens with one attached hydrogen (secondary N) is 1. The summed E-state index contributed by atoms with van der Waals surface area (Å²) in [5.74, 6) is 0.0284. The summed E-state index contributed by atoms with van der Waals surface area (Å²) in [6.07, 6.45) is 0.794. The summed E-state index contributed by atoms with van der Waals surface area (Å²) in [6, 6.07) is 10.0. The summed E-state index contributed by atoms with van der Waals surface area (Å²) in [5.41, 5.74) is 1.14. The quantitative estimate of drug-likeness (QED) is 0.834. The van der Waals surface area contributed by atoms with Crippen LogP contribution in [0.4, 0.5) is 0 Å². The molecule has 2 heterocycles. The molecule has 2 saturated heterocycles. The molecular formula is C18H26N2O4. The number of hydrogen-bond donors (Lipinski definition) is 1. The summed E-state index contributed by atoms with van der Waals surface area (Å²) in [5, 5.41) is 3.08. The van der Waals surface area contributed by atoms with Crippen LogP contribution in [0.15, 0.2) is 30.3 Å². The van der Waals surface area contributed by atoms with Gasteiger partial charge in [0.05, 0.1) is 45.1 Å². The lowest BCUT2D eigenvalue weighted by molar-refractivity contribution is -0.128. The molecule has 2 unspecified atom stereocenters. The van der Waals surface area contributed by atoms with Gasteiger partial charge in [-0.25, -0.2) is 0 Å². The lowest BCUT2D eigenvalue weighted by Gasteiger charge is -2.33. The summed E-state index contributed by atoms with van der Waals surface area (Å²) >= 11 is 0. The van der Waals surface area contributed by atoms with Crippen molar-refractivity contribution in [2.75, 3.05) is 46.1 Å². The second-order valence-corrected chi connectivity index (χ2v) is 6.26. The maximum atomic E-state index is 12.3. The van der Waals surface area contributed by atoms with E-state index in [1.165, 1.54) is 0 Å². The van der Waals surface area contributed by atoms with Gasteiger partial charge < -0.3 is 19.5 Å². The third-order valence-electron chi connectivity index (χ3n) is 4.42. The highest BCUT2D eigenvalue weighted by atomic mass is 16.5. The predicted octanol–water partition coefficient (Wildman–Crippen LogP) is 0.809. The number of morpholine rings is 1. The van der Waals surface area contributed by atoms with Crippen LogP contribution in [0.3, 0.4) is 0 Å². The second-order valence-electron chi connectivity index (χ2n) is 6.26. The van der Waals surface area contributed by atoms with Crippen molar-refractivity contribution in [3.05, 3.63) is 35.9 Å². The Morgan fingerprint density at radius 2 is 1.96 bits per heavy atom. The first-order chi connectivity index (χ1) is 11.8. The molecule has 6 heteroatoms. The Hall–Kier alpha value is -1.47. The molecule has 0 aliphatic carbocycles. The molecule has 2 fully saturated rings. The maximum Gasteiger partial charge on any atom is 0.234 e. The van der Waals surface area contributed by atoms with Crippen LogP contribution in [-0.4, -0.2) is 69.0 Å². The van der Waals surface area contributed by atoms with Gasteiger partial charge in [0.25, 0.3) is 0 Å². The molecule has 3 rings (SSSR count). The van der Waals surface area contributed by atoms with Gasteiger partial charge in [-0.15, -0.1) is 0 Å². The fourth-order valence-electron chi connectivity index (χ4n) is 3.04. The van der Waals surface area contributed by atoms with Crippen molar-refractivity contribution in [3.63, 3.8) is 0 Å². The lowest BCUT2D eigenvalue weighted by atomic mass is 10.1. The second kappa shape index (κ2) is 9.13. The van der Waals surface area contributed by atoms with Crippen LogP contribution in [0.5, 0.6) is 0 Å². The van der Waals surface area contributed by atoms with Gasteiger partial charge in [0.15, 0.2) is 0 Å². The molecule has 2 atom stereocenters. The summed E-state index contributed by atoms with van der Waals surface area (Å²) < 4.78 is 16.9. The van der Waals surface area contributed by atoms with Crippen molar-refractivity contribution in [2.24, 2.45) is 0 Å². The normalized spacial score (nSPS) is 25.3. The van der Waals surface area contributed by atoms with E-state index in [0.29, 0.717) is 39.6 Å². The van der Waals surface area contributed by atoms with Gasteiger partial charge in [0.1, 0.15) is 0 Å². The smallest absolute Gasteiger partial charge is 0.234 e. The van der Waals surface area contributed by atoms with Crippen LogP contribution >= 0.6 is 0 Å². The number of carbonyl (C=O) groups is 1. The molecule has 0 bridgehead atoms. The lowest BCUT2D eigenvalue weighted by Crippen LogP contribution is -2.53. The van der Waals surface area contributed by atoms with Crippen LogP contribution in [-0.2, 0) is 25.6 Å². The van der Waals surface area contributed by atoms with Crippen molar-refractivity contribution in [2.45, 2.75) is 25.2 Å². The zero-order chi connectivity index (χ0) is 16.6. The predicted molar refractivity (Wildman–Crippen MR) is 89.6 cm³/mol. The molecule has 0 saturated carbocycles. The largest absolute Gasteiger partial charge is 0.379 e. The average molecular weight is 334 g/mol. The third kappa shape index (κ3) is 5.27. The Kier molecular flexibility index (Phi) is 6.60. The fourth-order valence-corrected chi connectivity index (χ4v) is 3.04. The molecule has 1 aromatic carbocycles. The van der Waals surface area contributed by atoms with Gasteiger partial charge in [0.2, 0.25) is 5.91 Å². The van der Waals surface area contributed by atoms with Gasteiger partial charge in [-0.1, -0.05) is 30.3 Å². The maximum absolute atomic E-state index is 12.3. The van der Waals surface area contributed by atoms with Crippen LogP contribution < -0.4 is 5.32 Å². The van der Waals surface area contributed by atoms with Crippen molar-refractivity contribution in [3.8, 4) is 0 Å². The zero-order valence-corrected chi connectivity index (χ0v) is 14.0. The summed E-state index contributed by atoms with van der Waals surface area (Å²) in [6.45, 7) is 5.16. The topological polar surface area (TPSA) is 60.0 Å². The highest BCUT2D eigenvalue weighted by molar-refractivity contribution is 5.78. The van der Waals surface area contributed by atoms with E-state index in [1.807, 2.05) is 30.3 Å². The molecule has 24 heavy (non-hydrogen) atoms. The number of hydrogen-bond acceptors (Lipinski definition) is 5. The highest BCUT2D eigenvalue weighted by Crippen LogP contribution is 2.14. The summed E-state index contributed by atoms with van der Waals surface area (Å²) in [7, 11) is 0. The van der Waals surface area contributed by atoms with Crippen LogP contribution in [0, 0.1) is 0 Å². The van der Waals surface area contributed by atoms with Crippen molar-refractivity contribution in [1.82, 2.24) is 10.2 Å². The molecule has 1 aromatic rings. The number of amides is 1. The Labute approximate surface area is 143 Å². The van der Waals surface area contributed by atoms with E-state index >= 15 is 0 Å². The fraction of sp³-hybridized carbons (Fsp3) is 0.611. The number of nitrogens with zero attached hydrogens (tertiary/aromatic N) is 1. The minimum Gasteiger partial charge on any atom is -0.379 e. The Morgan fingerprint density at radius 3 is 2.75 bits per heavy atom. The number of rotatable bonds is 6. The Bertz CT molecular complexity index is 505. The van der Waals surface area contributed by atoms with Gasteiger partial charge in [0, 0.05) is 19.7 Å². The molecule has 0 aromatic heterocycles. The first-order valence-corrected chi connectivity index (χ1v) is 8.64. The van der Waals surface area contributed by atoms with E-state index in [-0.39, 0.29) is 18.1 Å². The van der Waals surface area contributed by atoms with Crippen LogP contribution in [0.1, 0.15) is 12.0 Å². The summed E-state index contributed by atoms with van der Waals surface area (Å²) in [4.78, 5) is 14.4. The molecule has 2 aliphatic heterocycles. The van der Waals surface area contributed by atoms with Crippen LogP contribution in [0.25, 0.3) is 0 Å². The first-order valence-electron chi connectivity index (χ1n) is 8.64. The van der Waals surface area contributed by atoms with Crippen LogP contribution in [0.2, 0.25) is 0 Å². The molecular weight excluding hydrogens is 308 g/mol. The minimum atomic E-state index is -0.0870. The number of carbonyl (C=O) groups excluding carboxylic acids is 1. The van der Waals surface area contributed by atoms with E-state index in [9.17, 15) is 4.79 Å². The van der Waals surface area contributed by atoms with Crippen molar-refractivity contribution >= 4 is 5.91 Å². The molecule has 2 aliphatic rings. The van der Waals surface area contributed by atoms with Gasteiger partial charge in [-0.2, -0.15) is 0 Å². The monoisotopic (exact) mass is 334 g/mol.